The van der Waals surface area contributed by atoms with Crippen molar-refractivity contribution >= 4 is 23.3 Å². The van der Waals surface area contributed by atoms with Crippen molar-refractivity contribution in [2.24, 2.45) is 0 Å². The molecule has 1 aliphatic heterocycles. The number of amides is 1. The average Bonchev–Trinajstić information content (AvgIpc) is 2.58. The lowest BCUT2D eigenvalue weighted by Gasteiger charge is -2.35. The maximum absolute atomic E-state index is 12.7. The fourth-order valence-electron chi connectivity index (χ4n) is 3.45. The van der Waals surface area contributed by atoms with Crippen molar-refractivity contribution < 1.29 is 14.3 Å². The third-order valence-corrected chi connectivity index (χ3v) is 4.67. The lowest BCUT2D eigenvalue weighted by Crippen LogP contribution is -2.51. The van der Waals surface area contributed by atoms with Gasteiger partial charge in [0.15, 0.2) is 0 Å². The molecule has 0 bridgehead atoms. The summed E-state index contributed by atoms with van der Waals surface area (Å²) in [4.78, 5) is 26.7. The van der Waals surface area contributed by atoms with Gasteiger partial charge in [-0.05, 0) is 44.2 Å². The molecule has 1 unspecified atom stereocenters. The largest absolute Gasteiger partial charge is 0.461 e. The van der Waals surface area contributed by atoms with Crippen molar-refractivity contribution in [3.05, 3.63) is 24.3 Å². The van der Waals surface area contributed by atoms with Crippen LogP contribution in [0, 0.1) is 0 Å². The van der Waals surface area contributed by atoms with Crippen LogP contribution in [-0.2, 0) is 14.3 Å². The van der Waals surface area contributed by atoms with Gasteiger partial charge in [-0.25, -0.2) is 4.79 Å². The Hall–Kier alpha value is -2.04. The molecule has 1 atom stereocenters. The number of ether oxygens (including phenoxy) is 1. The number of hydrogen-bond donors (Lipinski definition) is 1. The number of fused-ring (bicyclic) bond motifs is 1. The molecule has 1 heterocycles. The van der Waals surface area contributed by atoms with Crippen molar-refractivity contribution in [1.29, 1.82) is 0 Å². The van der Waals surface area contributed by atoms with Gasteiger partial charge in [-0.15, -0.1) is 0 Å². The Kier molecular flexibility index (Phi) is 4.84. The molecule has 0 spiro atoms. The monoisotopic (exact) mass is 316 g/mol. The normalized spacial score (nSPS) is 19.7. The Bertz CT molecular complexity index is 581. The number of anilines is 2. The van der Waals surface area contributed by atoms with Gasteiger partial charge in [0, 0.05) is 0 Å². The topological polar surface area (TPSA) is 58.6 Å². The molecule has 1 aromatic carbocycles. The zero-order chi connectivity index (χ0) is 16.2. The lowest BCUT2D eigenvalue weighted by atomic mass is 9.97. The first-order valence-electron chi connectivity index (χ1n) is 8.56. The van der Waals surface area contributed by atoms with Crippen LogP contribution in [0.25, 0.3) is 0 Å². The smallest absolute Gasteiger partial charge is 0.329 e. The van der Waals surface area contributed by atoms with E-state index in [-0.39, 0.29) is 24.5 Å². The zero-order valence-corrected chi connectivity index (χ0v) is 13.6. The predicted molar refractivity (Wildman–Crippen MR) is 89.5 cm³/mol. The van der Waals surface area contributed by atoms with Crippen LogP contribution in [0.2, 0.25) is 0 Å². The number of nitrogens with zero attached hydrogens (tertiary/aromatic N) is 1. The van der Waals surface area contributed by atoms with Gasteiger partial charge in [0.1, 0.15) is 12.1 Å². The number of benzene rings is 1. The minimum absolute atomic E-state index is 0.0126. The number of nitrogens with one attached hydrogen (secondary N) is 1. The van der Waals surface area contributed by atoms with Crippen LogP contribution in [0.5, 0.6) is 0 Å². The summed E-state index contributed by atoms with van der Waals surface area (Å²) in [5.41, 5.74) is 1.65. The van der Waals surface area contributed by atoms with Gasteiger partial charge >= 0.3 is 5.97 Å². The fraction of sp³-hybridized carbons (Fsp3) is 0.556. The SMILES string of the molecule is CCC(C(=O)OC1CCCCC1)N1C(=O)CNc2ccccc21. The molecule has 1 aromatic rings. The van der Waals surface area contributed by atoms with Crippen molar-refractivity contribution in [2.45, 2.75) is 57.6 Å². The van der Waals surface area contributed by atoms with E-state index in [1.165, 1.54) is 6.42 Å². The van der Waals surface area contributed by atoms with Gasteiger partial charge in [-0.1, -0.05) is 25.5 Å². The highest BCUT2D eigenvalue weighted by molar-refractivity contribution is 6.06. The molecule has 23 heavy (non-hydrogen) atoms. The van der Waals surface area contributed by atoms with Crippen LogP contribution in [0.15, 0.2) is 24.3 Å². The molecule has 1 N–H and O–H groups in total. The van der Waals surface area contributed by atoms with Crippen LogP contribution >= 0.6 is 0 Å². The first-order valence-corrected chi connectivity index (χ1v) is 8.56. The second-order valence-electron chi connectivity index (χ2n) is 6.26. The quantitative estimate of drug-likeness (QED) is 0.867. The first kappa shape index (κ1) is 15.8. The number of carbonyl (C=O) groups is 2. The van der Waals surface area contributed by atoms with Crippen LogP contribution in [0.4, 0.5) is 11.4 Å². The van der Waals surface area contributed by atoms with E-state index in [0.29, 0.717) is 6.42 Å². The van der Waals surface area contributed by atoms with Crippen molar-refractivity contribution in [2.75, 3.05) is 16.8 Å². The standard InChI is InChI=1S/C18H24N2O3/c1-2-15(18(22)23-13-8-4-3-5-9-13)20-16-11-7-6-10-14(16)19-12-17(20)21/h6-7,10-11,13,15,19H,2-5,8-9,12H2,1H3. The maximum atomic E-state index is 12.7. The summed E-state index contributed by atoms with van der Waals surface area (Å²) in [6.45, 7) is 2.13. The Morgan fingerprint density at radius 2 is 2.04 bits per heavy atom. The number of para-hydroxylation sites is 2. The van der Waals surface area contributed by atoms with Gasteiger partial charge in [-0.3, -0.25) is 9.69 Å². The van der Waals surface area contributed by atoms with E-state index in [0.717, 1.165) is 37.1 Å². The summed E-state index contributed by atoms with van der Waals surface area (Å²) in [5.74, 6) is -0.361. The summed E-state index contributed by atoms with van der Waals surface area (Å²) in [6, 6.07) is 7.05. The molecule has 1 aliphatic carbocycles. The highest BCUT2D eigenvalue weighted by Crippen LogP contribution is 2.32. The summed E-state index contributed by atoms with van der Waals surface area (Å²) in [6.07, 6.45) is 5.88. The summed E-state index contributed by atoms with van der Waals surface area (Å²) < 4.78 is 5.71. The Labute approximate surface area is 137 Å². The minimum atomic E-state index is -0.548. The van der Waals surface area contributed by atoms with E-state index in [1.54, 1.807) is 4.90 Å². The minimum Gasteiger partial charge on any atom is -0.461 e. The van der Waals surface area contributed by atoms with Gasteiger partial charge in [0.2, 0.25) is 5.91 Å². The van der Waals surface area contributed by atoms with E-state index in [1.807, 2.05) is 31.2 Å². The maximum Gasteiger partial charge on any atom is 0.329 e. The molecule has 0 saturated heterocycles. The van der Waals surface area contributed by atoms with Gasteiger partial charge < -0.3 is 10.1 Å². The fourth-order valence-corrected chi connectivity index (χ4v) is 3.45. The van der Waals surface area contributed by atoms with E-state index in [2.05, 4.69) is 5.32 Å². The van der Waals surface area contributed by atoms with E-state index < -0.39 is 6.04 Å². The second kappa shape index (κ2) is 7.02. The van der Waals surface area contributed by atoms with Gasteiger partial charge in [0.25, 0.3) is 0 Å². The third-order valence-electron chi connectivity index (χ3n) is 4.67. The summed E-state index contributed by atoms with van der Waals surface area (Å²) >= 11 is 0. The van der Waals surface area contributed by atoms with Crippen LogP contribution in [0.3, 0.4) is 0 Å². The summed E-state index contributed by atoms with van der Waals surface area (Å²) in [7, 11) is 0. The number of carbonyl (C=O) groups excluding carboxylic acids is 2. The van der Waals surface area contributed by atoms with E-state index in [9.17, 15) is 9.59 Å². The molecule has 124 valence electrons. The van der Waals surface area contributed by atoms with E-state index in [4.69, 9.17) is 4.74 Å². The van der Waals surface area contributed by atoms with E-state index >= 15 is 0 Å². The average molecular weight is 316 g/mol. The molecule has 3 rings (SSSR count). The summed E-state index contributed by atoms with van der Waals surface area (Å²) in [5, 5.41) is 3.10. The third kappa shape index (κ3) is 3.33. The van der Waals surface area contributed by atoms with Crippen LogP contribution in [-0.4, -0.2) is 30.6 Å². The second-order valence-corrected chi connectivity index (χ2v) is 6.26. The molecule has 5 nitrogen and oxygen atoms in total. The molecule has 1 saturated carbocycles. The Morgan fingerprint density at radius 1 is 1.30 bits per heavy atom. The number of rotatable bonds is 4. The Balaban J connectivity index is 1.79. The molecule has 1 amide bonds. The molecule has 0 aromatic heterocycles. The van der Waals surface area contributed by atoms with Crippen LogP contribution < -0.4 is 10.2 Å². The number of hydrogen-bond acceptors (Lipinski definition) is 4. The molecule has 2 aliphatic rings. The van der Waals surface area contributed by atoms with Crippen molar-refractivity contribution in [1.82, 2.24) is 0 Å². The molecular weight excluding hydrogens is 292 g/mol. The van der Waals surface area contributed by atoms with Crippen LogP contribution in [0.1, 0.15) is 45.4 Å². The molecule has 0 radical (unpaired) electrons. The molecular formula is C18H24N2O3. The first-order chi connectivity index (χ1) is 11.2. The Morgan fingerprint density at radius 3 is 2.78 bits per heavy atom. The van der Waals surface area contributed by atoms with Gasteiger partial charge in [0.05, 0.1) is 17.9 Å². The molecule has 5 heteroatoms. The highest BCUT2D eigenvalue weighted by atomic mass is 16.5. The van der Waals surface area contributed by atoms with Crippen molar-refractivity contribution in [3.63, 3.8) is 0 Å². The van der Waals surface area contributed by atoms with Crippen molar-refractivity contribution in [3.8, 4) is 0 Å². The number of esters is 1. The molecule has 1 fully saturated rings. The van der Waals surface area contributed by atoms with Gasteiger partial charge in [-0.2, -0.15) is 0 Å². The predicted octanol–water partition coefficient (Wildman–Crippen LogP) is 3.10. The zero-order valence-electron chi connectivity index (χ0n) is 13.6. The lowest BCUT2D eigenvalue weighted by molar-refractivity contribution is -0.153. The highest BCUT2D eigenvalue weighted by Gasteiger charge is 2.35.